The van der Waals surface area contributed by atoms with Gasteiger partial charge in [0.25, 0.3) is 0 Å². The summed E-state index contributed by atoms with van der Waals surface area (Å²) in [6.07, 6.45) is 6.14. The lowest BCUT2D eigenvalue weighted by Crippen LogP contribution is -2.35. The predicted molar refractivity (Wildman–Crippen MR) is 90.9 cm³/mol. The van der Waals surface area contributed by atoms with Crippen LogP contribution >= 0.6 is 0 Å². The summed E-state index contributed by atoms with van der Waals surface area (Å²) in [4.78, 5) is 8.91. The van der Waals surface area contributed by atoms with E-state index >= 15 is 0 Å². The van der Waals surface area contributed by atoms with Gasteiger partial charge < -0.3 is 10.4 Å². The lowest BCUT2D eigenvalue weighted by molar-refractivity contribution is 0.178. The van der Waals surface area contributed by atoms with Crippen molar-refractivity contribution in [3.8, 4) is 5.82 Å². The Morgan fingerprint density at radius 1 is 1.17 bits per heavy atom. The highest BCUT2D eigenvalue weighted by atomic mass is 16.3. The van der Waals surface area contributed by atoms with Gasteiger partial charge in [0, 0.05) is 30.8 Å². The third kappa shape index (κ3) is 2.82. The van der Waals surface area contributed by atoms with Gasteiger partial charge in [-0.2, -0.15) is 9.67 Å². The number of nitrogens with zero attached hydrogens (tertiary/aromatic N) is 5. The Balaban J connectivity index is 1.62. The Kier molecular flexibility index (Phi) is 4.08. The zero-order valence-corrected chi connectivity index (χ0v) is 13.3. The second-order valence-electron chi connectivity index (χ2n) is 6.21. The van der Waals surface area contributed by atoms with Gasteiger partial charge in [-0.3, -0.25) is 0 Å². The number of hydrogen-bond acceptors (Lipinski definition) is 6. The first-order chi connectivity index (χ1) is 11.8. The topological polar surface area (TPSA) is 88.8 Å². The smallest absolute Gasteiger partial charge is 0.224 e. The van der Waals surface area contributed by atoms with Gasteiger partial charge in [0.2, 0.25) is 5.95 Å². The van der Waals surface area contributed by atoms with Crippen LogP contribution in [0.15, 0.2) is 36.5 Å². The average Bonchev–Trinajstić information content (AvgIpc) is 3.06. The average molecular weight is 324 g/mol. The fourth-order valence-electron chi connectivity index (χ4n) is 3.36. The van der Waals surface area contributed by atoms with Crippen molar-refractivity contribution in [3.63, 3.8) is 0 Å². The van der Waals surface area contributed by atoms with Crippen molar-refractivity contribution in [3.05, 3.63) is 36.5 Å². The van der Waals surface area contributed by atoms with Gasteiger partial charge in [0.05, 0.1) is 5.52 Å². The van der Waals surface area contributed by atoms with E-state index in [1.807, 2.05) is 30.3 Å². The fourth-order valence-corrected chi connectivity index (χ4v) is 3.36. The van der Waals surface area contributed by atoms with Crippen molar-refractivity contribution in [2.24, 2.45) is 5.92 Å². The van der Waals surface area contributed by atoms with E-state index in [2.05, 4.69) is 25.6 Å². The van der Waals surface area contributed by atoms with Crippen molar-refractivity contribution in [2.45, 2.75) is 31.7 Å². The molecule has 0 aliphatic heterocycles. The number of nitrogens with one attached hydrogen (secondary N) is 1. The summed E-state index contributed by atoms with van der Waals surface area (Å²) in [6, 6.07) is 9.81. The van der Waals surface area contributed by atoms with Gasteiger partial charge in [0.15, 0.2) is 5.82 Å². The first kappa shape index (κ1) is 15.0. The maximum atomic E-state index is 9.56. The molecular weight excluding hydrogens is 304 g/mol. The Labute approximate surface area is 139 Å². The summed E-state index contributed by atoms with van der Waals surface area (Å²) in [5.74, 6) is 1.51. The third-order valence-electron chi connectivity index (χ3n) is 4.67. The Bertz CT molecular complexity index is 833. The van der Waals surface area contributed by atoms with Gasteiger partial charge in [0.1, 0.15) is 5.52 Å². The molecule has 24 heavy (non-hydrogen) atoms. The summed E-state index contributed by atoms with van der Waals surface area (Å²) >= 11 is 0. The van der Waals surface area contributed by atoms with Crippen LogP contribution in [0.1, 0.15) is 25.7 Å². The largest absolute Gasteiger partial charge is 0.396 e. The summed E-state index contributed by atoms with van der Waals surface area (Å²) in [5, 5.41) is 21.3. The zero-order chi connectivity index (χ0) is 16.4. The van der Waals surface area contributed by atoms with Gasteiger partial charge in [-0.25, -0.2) is 4.98 Å². The number of aromatic nitrogens is 5. The second kappa shape index (κ2) is 6.52. The number of benzene rings is 1. The molecule has 2 aromatic heterocycles. The number of aliphatic hydroxyl groups excluding tert-OH is 1. The van der Waals surface area contributed by atoms with Crippen LogP contribution in [0.3, 0.4) is 0 Å². The number of para-hydroxylation sites is 1. The maximum Gasteiger partial charge on any atom is 0.224 e. The van der Waals surface area contributed by atoms with Crippen molar-refractivity contribution in [1.82, 2.24) is 25.0 Å². The maximum absolute atomic E-state index is 9.56. The molecule has 1 aliphatic rings. The van der Waals surface area contributed by atoms with Gasteiger partial charge in [-0.1, -0.05) is 30.2 Å². The Morgan fingerprint density at radius 3 is 2.96 bits per heavy atom. The van der Waals surface area contributed by atoms with Crippen LogP contribution in [0, 0.1) is 5.92 Å². The molecule has 0 amide bonds. The molecule has 2 N–H and O–H groups in total. The van der Waals surface area contributed by atoms with E-state index in [1.165, 1.54) is 12.8 Å². The van der Waals surface area contributed by atoms with Gasteiger partial charge >= 0.3 is 0 Å². The molecule has 0 unspecified atom stereocenters. The van der Waals surface area contributed by atoms with Gasteiger partial charge in [-0.15, -0.1) is 5.10 Å². The van der Waals surface area contributed by atoms with Crippen LogP contribution in [0.5, 0.6) is 0 Å². The number of anilines is 1. The van der Waals surface area contributed by atoms with E-state index in [4.69, 9.17) is 0 Å². The normalized spacial score (nSPS) is 21.0. The van der Waals surface area contributed by atoms with Crippen molar-refractivity contribution >= 4 is 17.0 Å². The molecule has 4 rings (SSSR count). The molecule has 2 heterocycles. The highest BCUT2D eigenvalue weighted by molar-refractivity contribution is 5.75. The number of aliphatic hydroxyl groups is 1. The second-order valence-corrected chi connectivity index (χ2v) is 6.21. The molecule has 0 bridgehead atoms. The lowest BCUT2D eigenvalue weighted by Gasteiger charge is -2.30. The van der Waals surface area contributed by atoms with Crippen molar-refractivity contribution in [2.75, 3.05) is 11.9 Å². The molecule has 124 valence electrons. The lowest BCUT2D eigenvalue weighted by atomic mass is 9.85. The van der Waals surface area contributed by atoms with Crippen LogP contribution in [0.25, 0.3) is 16.9 Å². The molecule has 0 spiro atoms. The van der Waals surface area contributed by atoms with Crippen molar-refractivity contribution < 1.29 is 5.11 Å². The minimum atomic E-state index is 0.199. The van der Waals surface area contributed by atoms with Crippen LogP contribution in [-0.4, -0.2) is 42.7 Å². The molecule has 1 aromatic carbocycles. The molecule has 2 atom stereocenters. The fraction of sp³-hybridized carbons (Fsp3) is 0.412. The Morgan fingerprint density at radius 2 is 2.04 bits per heavy atom. The molecule has 0 saturated heterocycles. The number of hydrogen-bond donors (Lipinski definition) is 2. The number of rotatable bonds is 4. The molecule has 0 radical (unpaired) electrons. The van der Waals surface area contributed by atoms with E-state index in [0.29, 0.717) is 11.8 Å². The molecule has 1 fully saturated rings. The highest BCUT2D eigenvalue weighted by Gasteiger charge is 2.25. The van der Waals surface area contributed by atoms with E-state index < -0.39 is 0 Å². The van der Waals surface area contributed by atoms with E-state index in [9.17, 15) is 5.11 Å². The quantitative estimate of drug-likeness (QED) is 0.764. The van der Waals surface area contributed by atoms with E-state index in [1.54, 1.807) is 10.9 Å². The van der Waals surface area contributed by atoms with E-state index in [-0.39, 0.29) is 18.6 Å². The van der Waals surface area contributed by atoms with E-state index in [0.717, 1.165) is 23.9 Å². The van der Waals surface area contributed by atoms with Crippen molar-refractivity contribution in [1.29, 1.82) is 0 Å². The predicted octanol–water partition coefficient (Wildman–Crippen LogP) is 2.17. The molecule has 1 saturated carbocycles. The van der Waals surface area contributed by atoms with Crippen LogP contribution in [-0.2, 0) is 0 Å². The monoisotopic (exact) mass is 324 g/mol. The Hall–Kier alpha value is -2.54. The summed E-state index contributed by atoms with van der Waals surface area (Å²) in [7, 11) is 0. The van der Waals surface area contributed by atoms with Crippen LogP contribution in [0.2, 0.25) is 0 Å². The molecule has 7 heteroatoms. The van der Waals surface area contributed by atoms with Crippen LogP contribution < -0.4 is 5.32 Å². The molecule has 3 aromatic rings. The first-order valence-electron chi connectivity index (χ1n) is 8.36. The molecular formula is C17H20N6O. The minimum Gasteiger partial charge on any atom is -0.396 e. The SMILES string of the molecule is OC[C@@H]1CCCC[C@@H]1Nc1nccc(-n2nnc3ccccc32)n1. The summed E-state index contributed by atoms with van der Waals surface area (Å²) in [6.45, 7) is 0.199. The summed E-state index contributed by atoms with van der Waals surface area (Å²) < 4.78 is 1.71. The molecule has 1 aliphatic carbocycles. The number of fused-ring (bicyclic) bond motifs is 1. The van der Waals surface area contributed by atoms with Gasteiger partial charge in [-0.05, 0) is 25.0 Å². The highest BCUT2D eigenvalue weighted by Crippen LogP contribution is 2.26. The minimum absolute atomic E-state index is 0.199. The standard InChI is InChI=1S/C17H20N6O/c24-11-12-5-1-2-6-13(12)19-17-18-10-9-16(20-17)23-15-8-4-3-7-14(15)21-22-23/h3-4,7-10,12-13,24H,1-2,5-6,11H2,(H,18,19,20)/t12-,13-/m0/s1. The first-order valence-corrected chi connectivity index (χ1v) is 8.36. The summed E-state index contributed by atoms with van der Waals surface area (Å²) in [5.41, 5.74) is 1.74. The molecule has 7 nitrogen and oxygen atoms in total. The van der Waals surface area contributed by atoms with Crippen LogP contribution in [0.4, 0.5) is 5.95 Å². The zero-order valence-electron chi connectivity index (χ0n) is 13.3. The third-order valence-corrected chi connectivity index (χ3v) is 4.67.